The minimum atomic E-state index is -0.485. The molecule has 51 heavy (non-hydrogen) atoms. The Morgan fingerprint density at radius 1 is 0.863 bits per heavy atom. The molecule has 2 heterocycles. The summed E-state index contributed by atoms with van der Waals surface area (Å²) in [5.41, 5.74) is 6.97. The number of likely N-dealkylation sites (tertiary alicyclic amines) is 1. The second-order valence-corrected chi connectivity index (χ2v) is 16.4. The third-order valence-electron chi connectivity index (χ3n) is 11.0. The number of benzene rings is 3. The van der Waals surface area contributed by atoms with Crippen LogP contribution in [0.3, 0.4) is 0 Å². The number of nitrogens with zero attached hydrogens (tertiary/aromatic N) is 1. The summed E-state index contributed by atoms with van der Waals surface area (Å²) in [6, 6.07) is 25.5. The van der Waals surface area contributed by atoms with Gasteiger partial charge in [-0.3, -0.25) is 14.5 Å². The van der Waals surface area contributed by atoms with Crippen LogP contribution in [-0.4, -0.2) is 53.6 Å². The zero-order valence-corrected chi connectivity index (χ0v) is 31.0. The highest BCUT2D eigenvalue weighted by Gasteiger charge is 2.50. The maximum atomic E-state index is 12.4. The fraction of sp³-hybridized carbons (Fsp3) is 0.535. The van der Waals surface area contributed by atoms with Gasteiger partial charge in [-0.05, 0) is 76.8 Å². The number of nitrogens with one attached hydrogen (secondary N) is 2. The number of ether oxygens (including phenoxy) is 2. The minimum absolute atomic E-state index is 0.0175. The first-order chi connectivity index (χ1) is 24.5. The highest BCUT2D eigenvalue weighted by atomic mass is 16.7. The maximum Gasteiger partial charge on any atom is 0.220 e. The lowest BCUT2D eigenvalue weighted by atomic mass is 9.65. The number of hydrogen-bond donors (Lipinski definition) is 3. The van der Waals surface area contributed by atoms with Crippen molar-refractivity contribution in [3.63, 3.8) is 0 Å². The number of fused-ring (bicyclic) bond motifs is 2. The number of unbranched alkanes of at least 4 members (excludes halogenated alkanes) is 2. The van der Waals surface area contributed by atoms with Crippen LogP contribution < -0.4 is 10.6 Å². The van der Waals surface area contributed by atoms with Crippen molar-refractivity contribution in [2.24, 2.45) is 10.8 Å². The average molecular weight is 696 g/mol. The Kier molecular flexibility index (Phi) is 12.0. The molecule has 2 unspecified atom stereocenters. The van der Waals surface area contributed by atoms with Crippen molar-refractivity contribution in [2.45, 2.75) is 117 Å². The van der Waals surface area contributed by atoms with Gasteiger partial charge in [0.2, 0.25) is 11.8 Å². The summed E-state index contributed by atoms with van der Waals surface area (Å²) >= 11 is 0. The second-order valence-electron chi connectivity index (χ2n) is 16.4. The van der Waals surface area contributed by atoms with Crippen molar-refractivity contribution in [3.05, 3.63) is 95.1 Å². The Hall–Kier alpha value is -3.56. The summed E-state index contributed by atoms with van der Waals surface area (Å²) in [6.07, 6.45) is 7.09. The van der Waals surface area contributed by atoms with Crippen LogP contribution in [0.2, 0.25) is 0 Å². The first-order valence-corrected chi connectivity index (χ1v) is 18.9. The van der Waals surface area contributed by atoms with Crippen LogP contribution in [0.5, 0.6) is 0 Å². The first-order valence-electron chi connectivity index (χ1n) is 18.9. The number of hydrogen-bond acceptors (Lipinski definition) is 6. The van der Waals surface area contributed by atoms with E-state index >= 15 is 0 Å². The van der Waals surface area contributed by atoms with Gasteiger partial charge < -0.3 is 25.2 Å². The van der Waals surface area contributed by atoms with Crippen LogP contribution in [0.15, 0.2) is 72.8 Å². The summed E-state index contributed by atoms with van der Waals surface area (Å²) in [7, 11) is 0. The SMILES string of the molecule is CC(=O)NCCCCCC(=O)NCc1cccc(-c2ccc([C@H]3O[C@@H](CN4CC5(C)CC4CC(C)(C)C5)C[C@@H](c4ccc(CO)cc4)O3)cc2)c1. The van der Waals surface area contributed by atoms with E-state index in [1.165, 1.54) is 26.2 Å². The van der Waals surface area contributed by atoms with Crippen molar-refractivity contribution in [1.29, 1.82) is 0 Å². The number of amides is 2. The Labute approximate surface area is 304 Å². The molecule has 3 N–H and O–H groups in total. The molecule has 8 nitrogen and oxygen atoms in total. The molecule has 0 radical (unpaired) electrons. The molecule has 0 spiro atoms. The van der Waals surface area contributed by atoms with Gasteiger partial charge in [-0.1, -0.05) is 93.9 Å². The molecule has 5 atom stereocenters. The molecule has 2 amide bonds. The third-order valence-corrected chi connectivity index (χ3v) is 11.0. The molecule has 2 aliphatic heterocycles. The molecule has 3 fully saturated rings. The Morgan fingerprint density at radius 2 is 1.63 bits per heavy atom. The zero-order chi connectivity index (χ0) is 36.0. The van der Waals surface area contributed by atoms with Crippen LogP contribution in [0.1, 0.15) is 114 Å². The monoisotopic (exact) mass is 695 g/mol. The number of carbonyl (C=O) groups is 2. The van der Waals surface area contributed by atoms with E-state index in [1.54, 1.807) is 0 Å². The number of rotatable bonds is 14. The molecule has 3 aromatic rings. The molecule has 8 heteroatoms. The summed E-state index contributed by atoms with van der Waals surface area (Å²) < 4.78 is 13.5. The fourth-order valence-corrected chi connectivity index (χ4v) is 8.92. The van der Waals surface area contributed by atoms with Crippen molar-refractivity contribution >= 4 is 11.8 Å². The van der Waals surface area contributed by atoms with Gasteiger partial charge in [-0.2, -0.15) is 0 Å². The quantitative estimate of drug-likeness (QED) is 0.150. The van der Waals surface area contributed by atoms with Gasteiger partial charge in [-0.15, -0.1) is 0 Å². The van der Waals surface area contributed by atoms with Crippen LogP contribution in [0.4, 0.5) is 0 Å². The molecule has 1 saturated carbocycles. The van der Waals surface area contributed by atoms with E-state index in [0.29, 0.717) is 36.4 Å². The molecule has 3 aliphatic rings. The second kappa shape index (κ2) is 16.4. The van der Waals surface area contributed by atoms with Gasteiger partial charge >= 0.3 is 0 Å². The summed E-state index contributed by atoms with van der Waals surface area (Å²) in [6.45, 7) is 12.0. The van der Waals surface area contributed by atoms with Crippen LogP contribution >= 0.6 is 0 Å². The predicted octanol–water partition coefficient (Wildman–Crippen LogP) is 7.60. The van der Waals surface area contributed by atoms with Crippen LogP contribution in [0.25, 0.3) is 11.1 Å². The van der Waals surface area contributed by atoms with Crippen LogP contribution in [0, 0.1) is 10.8 Å². The Bertz CT molecular complexity index is 1620. The minimum Gasteiger partial charge on any atom is -0.392 e. The number of carbonyl (C=O) groups excluding carboxylic acids is 2. The van der Waals surface area contributed by atoms with Gasteiger partial charge in [-0.25, -0.2) is 0 Å². The molecule has 6 rings (SSSR count). The van der Waals surface area contributed by atoms with E-state index in [1.807, 2.05) is 24.3 Å². The third kappa shape index (κ3) is 10.1. The Morgan fingerprint density at radius 3 is 2.37 bits per heavy atom. The van der Waals surface area contributed by atoms with Crippen molar-refractivity contribution in [1.82, 2.24) is 15.5 Å². The molecule has 274 valence electrons. The largest absolute Gasteiger partial charge is 0.392 e. The Balaban J connectivity index is 1.09. The normalized spacial score (nSPS) is 25.7. The molecular weight excluding hydrogens is 638 g/mol. The number of aliphatic hydroxyl groups is 1. The van der Waals surface area contributed by atoms with E-state index in [4.69, 9.17) is 9.47 Å². The summed E-state index contributed by atoms with van der Waals surface area (Å²) in [4.78, 5) is 26.1. The molecular formula is C43H57N3O5. The van der Waals surface area contributed by atoms with Crippen molar-refractivity contribution in [3.8, 4) is 11.1 Å². The lowest BCUT2D eigenvalue weighted by Crippen LogP contribution is -2.42. The predicted molar refractivity (Wildman–Crippen MR) is 200 cm³/mol. The van der Waals surface area contributed by atoms with Gasteiger partial charge in [0.25, 0.3) is 0 Å². The molecule has 0 aromatic heterocycles. The molecule has 2 saturated heterocycles. The summed E-state index contributed by atoms with van der Waals surface area (Å²) in [5, 5.41) is 15.5. The smallest absolute Gasteiger partial charge is 0.220 e. The molecule has 3 aromatic carbocycles. The summed E-state index contributed by atoms with van der Waals surface area (Å²) in [5.74, 6) is 0.0274. The highest BCUT2D eigenvalue weighted by Crippen LogP contribution is 2.53. The molecule has 2 bridgehead atoms. The van der Waals surface area contributed by atoms with Gasteiger partial charge in [0.1, 0.15) is 0 Å². The lowest BCUT2D eigenvalue weighted by molar-refractivity contribution is -0.253. The van der Waals surface area contributed by atoms with Crippen molar-refractivity contribution in [2.75, 3.05) is 19.6 Å². The van der Waals surface area contributed by atoms with Gasteiger partial charge in [0.15, 0.2) is 6.29 Å². The average Bonchev–Trinajstić information content (AvgIpc) is 3.35. The standard InChI is InChI=1S/C43H57N3O5/c1-30(48)44-20-7-5-6-11-40(49)45-25-32-9-8-10-36(21-32)33-16-18-35(19-17-33)41-50-38(22-39(51-41)34-14-12-31(27-47)13-15-34)26-46-29-43(4)24-37(46)23-42(2,3)28-43/h8-10,12-19,21,37-39,41,47H,5-7,11,20,22-29H2,1-4H3,(H,44,48)(H,45,49)/t37?,38-,39+,41+,43?/m1/s1. The van der Waals surface area contributed by atoms with E-state index in [0.717, 1.165) is 72.2 Å². The lowest BCUT2D eigenvalue weighted by Gasteiger charge is -2.41. The van der Waals surface area contributed by atoms with E-state index in [9.17, 15) is 14.7 Å². The molecule has 1 aliphatic carbocycles. The van der Waals surface area contributed by atoms with Gasteiger partial charge in [0.05, 0.1) is 18.8 Å². The first kappa shape index (κ1) is 37.2. The zero-order valence-electron chi connectivity index (χ0n) is 31.0. The van der Waals surface area contributed by atoms with Crippen LogP contribution in [-0.2, 0) is 32.2 Å². The topological polar surface area (TPSA) is 100 Å². The highest BCUT2D eigenvalue weighted by molar-refractivity contribution is 5.76. The van der Waals surface area contributed by atoms with E-state index in [-0.39, 0.29) is 30.6 Å². The number of aliphatic hydroxyl groups excluding tert-OH is 1. The van der Waals surface area contributed by atoms with Gasteiger partial charge in [0, 0.05) is 57.5 Å². The van der Waals surface area contributed by atoms with E-state index in [2.05, 4.69) is 84.8 Å². The van der Waals surface area contributed by atoms with Crippen molar-refractivity contribution < 1.29 is 24.2 Å². The maximum absolute atomic E-state index is 12.4. The van der Waals surface area contributed by atoms with E-state index < -0.39 is 6.29 Å². The fourth-order valence-electron chi connectivity index (χ4n) is 8.92.